The molecule has 0 aliphatic carbocycles. The van der Waals surface area contributed by atoms with E-state index in [0.29, 0.717) is 54.2 Å². The number of pyridine rings is 1. The third-order valence-corrected chi connectivity index (χ3v) is 5.48. The Morgan fingerprint density at radius 1 is 1.33 bits per heavy atom. The third-order valence-electron chi connectivity index (χ3n) is 4.86. The molecule has 0 amide bonds. The number of carbonyl (C=O) groups is 1. The Labute approximate surface area is 187 Å². The van der Waals surface area contributed by atoms with E-state index >= 15 is 0 Å². The number of ether oxygens (including phenoxy) is 3. The smallest absolute Gasteiger partial charge is 0.341 e. The molecule has 30 heavy (non-hydrogen) atoms. The van der Waals surface area contributed by atoms with Crippen molar-refractivity contribution in [3.63, 3.8) is 0 Å². The van der Waals surface area contributed by atoms with Gasteiger partial charge in [-0.25, -0.2) is 4.79 Å². The average molecular weight is 501 g/mol. The standard InChI is InChI=1S/C21H23BrClNO6/c1-12(2)17-11-30-19-9-20(29-6-5-28-4-3-22)15(23)7-13(19)16-8-18(25)14(21(26)27)10-24(16)17/h7-10,12,17H,3-6,11H2,1-2H3,(H,26,27)/t17-/m0/s1. The van der Waals surface area contributed by atoms with Crippen molar-refractivity contribution in [2.75, 3.05) is 31.8 Å². The predicted octanol–water partition coefficient (Wildman–Crippen LogP) is 4.25. The van der Waals surface area contributed by atoms with Crippen LogP contribution in [0.15, 0.2) is 29.2 Å². The topological polar surface area (TPSA) is 87.0 Å². The summed E-state index contributed by atoms with van der Waals surface area (Å²) in [6.45, 7) is 5.69. The Bertz CT molecular complexity index is 990. The van der Waals surface area contributed by atoms with Gasteiger partial charge in [-0.15, -0.1) is 0 Å². The number of aromatic carboxylic acids is 1. The third kappa shape index (κ3) is 4.82. The molecule has 0 radical (unpaired) electrons. The second-order valence-corrected chi connectivity index (χ2v) is 8.40. The molecule has 2 heterocycles. The summed E-state index contributed by atoms with van der Waals surface area (Å²) < 4.78 is 18.9. The van der Waals surface area contributed by atoms with Crippen LogP contribution in [0.3, 0.4) is 0 Å². The fourth-order valence-corrected chi connectivity index (χ4v) is 3.75. The van der Waals surface area contributed by atoms with E-state index in [2.05, 4.69) is 15.9 Å². The van der Waals surface area contributed by atoms with Crippen molar-refractivity contribution in [2.45, 2.75) is 19.9 Å². The van der Waals surface area contributed by atoms with Crippen LogP contribution in [0.25, 0.3) is 11.3 Å². The molecule has 0 unspecified atom stereocenters. The summed E-state index contributed by atoms with van der Waals surface area (Å²) in [5.74, 6) is -0.140. The van der Waals surface area contributed by atoms with E-state index in [-0.39, 0.29) is 17.5 Å². The molecule has 1 aromatic heterocycles. The Morgan fingerprint density at radius 3 is 2.77 bits per heavy atom. The van der Waals surface area contributed by atoms with Gasteiger partial charge in [0.1, 0.15) is 30.3 Å². The van der Waals surface area contributed by atoms with Crippen molar-refractivity contribution in [2.24, 2.45) is 5.92 Å². The summed E-state index contributed by atoms with van der Waals surface area (Å²) in [5.41, 5.74) is 0.331. The maximum Gasteiger partial charge on any atom is 0.341 e. The average Bonchev–Trinajstić information content (AvgIpc) is 2.83. The number of hydrogen-bond donors (Lipinski definition) is 1. The molecular weight excluding hydrogens is 478 g/mol. The van der Waals surface area contributed by atoms with Gasteiger partial charge in [0, 0.05) is 29.2 Å². The van der Waals surface area contributed by atoms with Crippen LogP contribution in [0.2, 0.25) is 5.02 Å². The van der Waals surface area contributed by atoms with Crippen molar-refractivity contribution < 1.29 is 24.1 Å². The lowest BCUT2D eigenvalue weighted by molar-refractivity contribution is 0.0694. The number of benzene rings is 1. The first-order valence-corrected chi connectivity index (χ1v) is 11.1. The van der Waals surface area contributed by atoms with E-state index in [0.717, 1.165) is 5.33 Å². The van der Waals surface area contributed by atoms with E-state index in [1.165, 1.54) is 12.3 Å². The summed E-state index contributed by atoms with van der Waals surface area (Å²) in [7, 11) is 0. The van der Waals surface area contributed by atoms with Gasteiger partial charge in [0.15, 0.2) is 5.43 Å². The van der Waals surface area contributed by atoms with Crippen LogP contribution in [0.1, 0.15) is 30.2 Å². The molecule has 1 aliphatic rings. The molecule has 162 valence electrons. The van der Waals surface area contributed by atoms with E-state index in [1.807, 2.05) is 13.8 Å². The van der Waals surface area contributed by atoms with Crippen LogP contribution in [0, 0.1) is 5.92 Å². The monoisotopic (exact) mass is 499 g/mol. The van der Waals surface area contributed by atoms with E-state index in [1.54, 1.807) is 16.7 Å². The summed E-state index contributed by atoms with van der Waals surface area (Å²) >= 11 is 9.72. The summed E-state index contributed by atoms with van der Waals surface area (Å²) in [6.07, 6.45) is 1.39. The molecule has 0 spiro atoms. The zero-order valence-electron chi connectivity index (χ0n) is 16.7. The maximum absolute atomic E-state index is 12.4. The normalized spacial score (nSPS) is 15.2. The Kier molecular flexibility index (Phi) is 7.44. The van der Waals surface area contributed by atoms with Crippen molar-refractivity contribution in [3.05, 3.63) is 45.2 Å². The highest BCUT2D eigenvalue weighted by molar-refractivity contribution is 9.09. The molecule has 2 aromatic rings. The summed E-state index contributed by atoms with van der Waals surface area (Å²) in [6, 6.07) is 4.55. The molecule has 1 N–H and O–H groups in total. The second kappa shape index (κ2) is 9.85. The number of fused-ring (bicyclic) bond motifs is 3. The first kappa shape index (κ1) is 22.7. The highest BCUT2D eigenvalue weighted by Crippen LogP contribution is 2.42. The molecule has 1 aliphatic heterocycles. The van der Waals surface area contributed by atoms with Crippen molar-refractivity contribution in [1.29, 1.82) is 0 Å². The summed E-state index contributed by atoms with van der Waals surface area (Å²) in [5, 5.41) is 10.5. The molecule has 1 atom stereocenters. The molecule has 1 aromatic carbocycles. The minimum absolute atomic E-state index is 0.139. The fraction of sp³-hybridized carbons (Fsp3) is 0.429. The number of aromatic nitrogens is 1. The molecule has 0 saturated heterocycles. The number of carboxylic acid groups (broad SMARTS) is 1. The SMILES string of the molecule is CC(C)[C@@H]1COc2cc(OCCOCCBr)c(Cl)cc2-c2cc(=O)c(C(=O)O)cn21. The zero-order chi connectivity index (χ0) is 21.8. The van der Waals surface area contributed by atoms with E-state index in [9.17, 15) is 14.7 Å². The van der Waals surface area contributed by atoms with Crippen LogP contribution >= 0.6 is 27.5 Å². The summed E-state index contributed by atoms with van der Waals surface area (Å²) in [4.78, 5) is 23.9. The minimum atomic E-state index is -1.26. The first-order valence-electron chi connectivity index (χ1n) is 9.56. The number of rotatable bonds is 8. The molecule has 0 fully saturated rings. The van der Waals surface area contributed by atoms with Crippen LogP contribution in [0.5, 0.6) is 11.5 Å². The van der Waals surface area contributed by atoms with Crippen LogP contribution in [0.4, 0.5) is 0 Å². The Hall–Kier alpha value is -2.03. The lowest BCUT2D eigenvalue weighted by Crippen LogP contribution is -2.25. The van der Waals surface area contributed by atoms with Crippen molar-refractivity contribution in [3.8, 4) is 22.8 Å². The van der Waals surface area contributed by atoms with Gasteiger partial charge in [-0.3, -0.25) is 4.79 Å². The number of hydrogen-bond acceptors (Lipinski definition) is 5. The lowest BCUT2D eigenvalue weighted by Gasteiger charge is -2.24. The number of carboxylic acids is 1. The molecule has 0 bridgehead atoms. The molecule has 7 nitrogen and oxygen atoms in total. The van der Waals surface area contributed by atoms with Gasteiger partial charge in [0.2, 0.25) is 0 Å². The van der Waals surface area contributed by atoms with Crippen molar-refractivity contribution in [1.82, 2.24) is 4.57 Å². The van der Waals surface area contributed by atoms with Gasteiger partial charge in [0.25, 0.3) is 0 Å². The van der Waals surface area contributed by atoms with Gasteiger partial charge in [-0.05, 0) is 12.0 Å². The molecule has 9 heteroatoms. The number of nitrogens with zero attached hydrogens (tertiary/aromatic N) is 1. The fourth-order valence-electron chi connectivity index (χ4n) is 3.30. The van der Waals surface area contributed by atoms with Crippen LogP contribution < -0.4 is 14.9 Å². The molecular formula is C21H23BrClNO6. The number of halogens is 2. The Morgan fingerprint density at radius 2 is 2.10 bits per heavy atom. The van der Waals surface area contributed by atoms with Gasteiger partial charge in [-0.2, -0.15) is 0 Å². The quantitative estimate of drug-likeness (QED) is 0.431. The van der Waals surface area contributed by atoms with E-state index < -0.39 is 11.4 Å². The zero-order valence-corrected chi connectivity index (χ0v) is 19.0. The van der Waals surface area contributed by atoms with Gasteiger partial charge < -0.3 is 23.9 Å². The maximum atomic E-state index is 12.4. The largest absolute Gasteiger partial charge is 0.491 e. The lowest BCUT2D eigenvalue weighted by atomic mass is 10.0. The molecule has 0 saturated carbocycles. The van der Waals surface area contributed by atoms with Crippen molar-refractivity contribution >= 4 is 33.5 Å². The van der Waals surface area contributed by atoms with Crippen LogP contribution in [-0.2, 0) is 4.74 Å². The number of alkyl halides is 1. The van der Waals surface area contributed by atoms with Gasteiger partial charge >= 0.3 is 5.97 Å². The second-order valence-electron chi connectivity index (χ2n) is 7.20. The van der Waals surface area contributed by atoms with Crippen LogP contribution in [-0.4, -0.2) is 47.4 Å². The minimum Gasteiger partial charge on any atom is -0.491 e. The predicted molar refractivity (Wildman–Crippen MR) is 118 cm³/mol. The molecule has 3 rings (SSSR count). The van der Waals surface area contributed by atoms with Gasteiger partial charge in [0.05, 0.1) is 30.0 Å². The van der Waals surface area contributed by atoms with E-state index in [4.69, 9.17) is 25.8 Å². The first-order chi connectivity index (χ1) is 14.3. The van der Waals surface area contributed by atoms with Gasteiger partial charge in [-0.1, -0.05) is 41.4 Å². The highest BCUT2D eigenvalue weighted by Gasteiger charge is 2.27. The Balaban J connectivity index is 2.02. The highest BCUT2D eigenvalue weighted by atomic mass is 79.9.